The molecule has 4 nitrogen and oxygen atoms in total. The van der Waals surface area contributed by atoms with Gasteiger partial charge < -0.3 is 4.74 Å². The van der Waals surface area contributed by atoms with Crippen LogP contribution in [0.25, 0.3) is 0 Å². The van der Waals surface area contributed by atoms with E-state index in [1.807, 2.05) is 19.1 Å². The number of rotatable bonds is 3. The third kappa shape index (κ3) is 2.76. The van der Waals surface area contributed by atoms with Crippen LogP contribution >= 0.6 is 0 Å². The van der Waals surface area contributed by atoms with Crippen LogP contribution < -0.4 is 0 Å². The Labute approximate surface area is 125 Å². The minimum absolute atomic E-state index is 0.0413. The maximum atomic E-state index is 12.3. The molecular weight excluding hydrogens is 268 g/mol. The Morgan fingerprint density at radius 1 is 1.10 bits per heavy atom. The zero-order valence-corrected chi connectivity index (χ0v) is 12.6. The molecule has 4 bridgehead atoms. The minimum atomic E-state index is -0.303. The van der Waals surface area contributed by atoms with Crippen LogP contribution in [-0.2, 0) is 19.3 Å². The summed E-state index contributed by atoms with van der Waals surface area (Å²) in [7, 11) is 0. The normalized spacial score (nSPS) is 47.6. The van der Waals surface area contributed by atoms with Gasteiger partial charge in [-0.25, -0.2) is 9.78 Å². The van der Waals surface area contributed by atoms with Crippen molar-refractivity contribution >= 4 is 5.97 Å². The molecule has 116 valence electrons. The Balaban J connectivity index is 1.37. The van der Waals surface area contributed by atoms with Gasteiger partial charge in [0.25, 0.3) is 0 Å². The summed E-state index contributed by atoms with van der Waals surface area (Å²) in [6.07, 6.45) is 11.1. The van der Waals surface area contributed by atoms with Crippen LogP contribution in [0.4, 0.5) is 0 Å². The lowest BCUT2D eigenvalue weighted by atomic mass is 9.54. The molecule has 1 heterocycles. The highest BCUT2D eigenvalue weighted by Crippen LogP contribution is 2.57. The fourth-order valence-corrected chi connectivity index (χ4v) is 5.21. The van der Waals surface area contributed by atoms with E-state index in [1.54, 1.807) is 0 Å². The number of carbonyl (C=O) groups is 1. The third-order valence-electron chi connectivity index (χ3n) is 5.61. The molecule has 5 rings (SSSR count). The van der Waals surface area contributed by atoms with E-state index in [0.717, 1.165) is 37.0 Å². The summed E-state index contributed by atoms with van der Waals surface area (Å²) in [5.74, 6) is 2.24. The molecular formula is C17H24O4. The summed E-state index contributed by atoms with van der Waals surface area (Å²) in [5, 5.41) is 0. The van der Waals surface area contributed by atoms with E-state index in [9.17, 15) is 4.79 Å². The van der Waals surface area contributed by atoms with Crippen molar-refractivity contribution in [2.24, 2.45) is 17.8 Å². The van der Waals surface area contributed by atoms with Crippen LogP contribution in [0.1, 0.15) is 51.9 Å². The lowest BCUT2D eigenvalue weighted by Crippen LogP contribution is -2.52. The third-order valence-corrected chi connectivity index (χ3v) is 5.61. The van der Waals surface area contributed by atoms with Crippen molar-refractivity contribution in [1.29, 1.82) is 0 Å². The average molecular weight is 292 g/mol. The van der Waals surface area contributed by atoms with E-state index < -0.39 is 0 Å². The van der Waals surface area contributed by atoms with Crippen LogP contribution in [0.2, 0.25) is 0 Å². The molecule has 0 unspecified atom stereocenters. The Morgan fingerprint density at radius 2 is 1.71 bits per heavy atom. The summed E-state index contributed by atoms with van der Waals surface area (Å²) in [6, 6.07) is 0. The van der Waals surface area contributed by atoms with Gasteiger partial charge in [-0.05, 0) is 63.2 Å². The predicted octanol–water partition coefficient (Wildman–Crippen LogP) is 3.16. The SMILES string of the molecule is C[C@H]1C=C[C@@H](CC(=O)OC23CC4CC(CC(C4)C2)C3)OO1. The number of hydrogen-bond donors (Lipinski definition) is 0. The highest BCUT2D eigenvalue weighted by Gasteiger charge is 2.53. The zero-order chi connectivity index (χ0) is 14.4. The van der Waals surface area contributed by atoms with E-state index in [4.69, 9.17) is 14.5 Å². The Bertz CT molecular complexity index is 420. The monoisotopic (exact) mass is 292 g/mol. The number of esters is 1. The highest BCUT2D eigenvalue weighted by atomic mass is 17.2. The van der Waals surface area contributed by atoms with Crippen molar-refractivity contribution in [3.05, 3.63) is 12.2 Å². The van der Waals surface area contributed by atoms with Gasteiger partial charge in [-0.1, -0.05) is 12.2 Å². The highest BCUT2D eigenvalue weighted by molar-refractivity contribution is 5.71. The Hall–Kier alpha value is -0.870. The molecule has 4 saturated carbocycles. The molecule has 5 aliphatic rings. The maximum Gasteiger partial charge on any atom is 0.309 e. The second-order valence-electron chi connectivity index (χ2n) is 7.60. The van der Waals surface area contributed by atoms with Crippen LogP contribution in [0.3, 0.4) is 0 Å². The smallest absolute Gasteiger partial charge is 0.309 e. The first-order valence-corrected chi connectivity index (χ1v) is 8.32. The van der Waals surface area contributed by atoms with Crippen LogP contribution in [0, 0.1) is 17.8 Å². The summed E-state index contributed by atoms with van der Waals surface area (Å²) in [5.41, 5.74) is -0.154. The number of carbonyl (C=O) groups excluding carboxylic acids is 1. The van der Waals surface area contributed by atoms with Gasteiger partial charge >= 0.3 is 5.97 Å². The fraction of sp³-hybridized carbons (Fsp3) is 0.824. The summed E-state index contributed by atoms with van der Waals surface area (Å²) in [6.45, 7) is 1.90. The molecule has 0 radical (unpaired) electrons. The summed E-state index contributed by atoms with van der Waals surface area (Å²) >= 11 is 0. The Kier molecular flexibility index (Phi) is 3.34. The molecule has 0 saturated heterocycles. The van der Waals surface area contributed by atoms with Crippen molar-refractivity contribution in [2.75, 3.05) is 0 Å². The number of hydrogen-bond acceptors (Lipinski definition) is 4. The lowest BCUT2D eigenvalue weighted by molar-refractivity contribution is -0.336. The first-order chi connectivity index (χ1) is 10.1. The van der Waals surface area contributed by atoms with Gasteiger partial charge in [-0.15, -0.1) is 0 Å². The van der Waals surface area contributed by atoms with E-state index in [0.29, 0.717) is 0 Å². The summed E-state index contributed by atoms with van der Waals surface area (Å²) in [4.78, 5) is 22.6. The first kappa shape index (κ1) is 13.8. The van der Waals surface area contributed by atoms with Crippen LogP contribution in [0.15, 0.2) is 12.2 Å². The molecule has 2 atom stereocenters. The van der Waals surface area contributed by atoms with E-state index >= 15 is 0 Å². The van der Waals surface area contributed by atoms with Crippen molar-refractivity contribution in [3.63, 3.8) is 0 Å². The van der Waals surface area contributed by atoms with Crippen molar-refractivity contribution < 1.29 is 19.3 Å². The van der Waals surface area contributed by atoms with Gasteiger partial charge in [0.1, 0.15) is 17.8 Å². The number of ether oxygens (including phenoxy) is 1. The molecule has 0 aromatic heterocycles. The van der Waals surface area contributed by atoms with E-state index in [2.05, 4.69) is 0 Å². The van der Waals surface area contributed by atoms with Gasteiger partial charge in [-0.3, -0.25) is 4.79 Å². The van der Waals surface area contributed by atoms with Gasteiger partial charge in [0.05, 0.1) is 6.42 Å². The standard InChI is InChI=1S/C17H24O4/c1-11-2-3-15(21-20-11)7-16(18)19-17-8-12-4-13(9-17)6-14(5-12)10-17/h2-3,11-15H,4-10H2,1H3/t11-,12?,13?,14?,15-,17?/m0/s1. The molecule has 1 aliphatic heterocycles. The predicted molar refractivity (Wildman–Crippen MR) is 76.2 cm³/mol. The maximum absolute atomic E-state index is 12.3. The molecule has 4 aliphatic carbocycles. The van der Waals surface area contributed by atoms with Crippen molar-refractivity contribution in [2.45, 2.75) is 69.7 Å². The lowest BCUT2D eigenvalue weighted by Gasteiger charge is -2.55. The van der Waals surface area contributed by atoms with Gasteiger partial charge in [-0.2, -0.15) is 0 Å². The molecule has 21 heavy (non-hydrogen) atoms. The summed E-state index contributed by atoms with van der Waals surface area (Å²) < 4.78 is 5.97. The molecule has 4 fully saturated rings. The molecule has 0 N–H and O–H groups in total. The van der Waals surface area contributed by atoms with E-state index in [-0.39, 0.29) is 30.2 Å². The van der Waals surface area contributed by atoms with Gasteiger partial charge in [0.15, 0.2) is 0 Å². The second kappa shape index (κ2) is 5.10. The molecule has 0 amide bonds. The second-order valence-corrected chi connectivity index (χ2v) is 7.60. The molecule has 0 aromatic carbocycles. The van der Waals surface area contributed by atoms with Crippen LogP contribution in [-0.4, -0.2) is 23.8 Å². The first-order valence-electron chi connectivity index (χ1n) is 8.32. The largest absolute Gasteiger partial charge is 0.459 e. The average Bonchev–Trinajstić information content (AvgIpc) is 2.39. The topological polar surface area (TPSA) is 44.8 Å². The zero-order valence-electron chi connectivity index (χ0n) is 12.6. The molecule has 0 spiro atoms. The molecule has 0 aromatic rings. The quantitative estimate of drug-likeness (QED) is 0.455. The van der Waals surface area contributed by atoms with Gasteiger partial charge in [0.2, 0.25) is 0 Å². The van der Waals surface area contributed by atoms with Crippen LogP contribution in [0.5, 0.6) is 0 Å². The minimum Gasteiger partial charge on any atom is -0.459 e. The Morgan fingerprint density at radius 3 is 2.24 bits per heavy atom. The molecule has 4 heteroatoms. The van der Waals surface area contributed by atoms with E-state index in [1.165, 1.54) is 19.3 Å². The fourth-order valence-electron chi connectivity index (χ4n) is 5.21. The van der Waals surface area contributed by atoms with Crippen molar-refractivity contribution in [1.82, 2.24) is 0 Å². The van der Waals surface area contributed by atoms with Crippen molar-refractivity contribution in [3.8, 4) is 0 Å². The van der Waals surface area contributed by atoms with Gasteiger partial charge in [0, 0.05) is 0 Å².